The summed E-state index contributed by atoms with van der Waals surface area (Å²) in [6, 6.07) is 10.4. The first-order valence-electron chi connectivity index (χ1n) is 7.84. The van der Waals surface area contributed by atoms with Crippen LogP contribution < -0.4 is 5.32 Å². The van der Waals surface area contributed by atoms with Crippen molar-refractivity contribution in [1.82, 2.24) is 10.2 Å². The van der Waals surface area contributed by atoms with E-state index < -0.39 is 0 Å². The first-order valence-corrected chi connectivity index (χ1v) is 7.84. The number of allylic oxidation sites excluding steroid dienone is 1. The molecule has 0 aromatic heterocycles. The van der Waals surface area contributed by atoms with Crippen molar-refractivity contribution < 1.29 is 4.79 Å². The van der Waals surface area contributed by atoms with Crippen LogP contribution in [0, 0.1) is 5.92 Å². The normalized spacial score (nSPS) is 20.7. The summed E-state index contributed by atoms with van der Waals surface area (Å²) in [5.74, 6) is 0.781. The van der Waals surface area contributed by atoms with Crippen LogP contribution in [0.25, 0.3) is 5.57 Å². The molecule has 1 saturated heterocycles. The van der Waals surface area contributed by atoms with Crippen molar-refractivity contribution in [2.24, 2.45) is 5.92 Å². The van der Waals surface area contributed by atoms with Gasteiger partial charge in [0.25, 0.3) is 0 Å². The Labute approximate surface area is 128 Å². The van der Waals surface area contributed by atoms with Crippen LogP contribution in [0.5, 0.6) is 0 Å². The van der Waals surface area contributed by atoms with Crippen LogP contribution in [0.2, 0.25) is 0 Å². The van der Waals surface area contributed by atoms with Crippen molar-refractivity contribution >= 4 is 11.5 Å². The number of amides is 1. The Morgan fingerprint density at radius 2 is 2.10 bits per heavy atom. The van der Waals surface area contributed by atoms with Gasteiger partial charge in [-0.2, -0.15) is 0 Å². The minimum atomic E-state index is -0.0510. The summed E-state index contributed by atoms with van der Waals surface area (Å²) >= 11 is 0. The van der Waals surface area contributed by atoms with E-state index in [0.29, 0.717) is 5.92 Å². The fourth-order valence-electron chi connectivity index (χ4n) is 2.57. The third kappa shape index (κ3) is 4.43. The van der Waals surface area contributed by atoms with Crippen LogP contribution in [0.3, 0.4) is 0 Å². The molecule has 1 heterocycles. The Morgan fingerprint density at radius 3 is 2.76 bits per heavy atom. The molecule has 1 aliphatic heterocycles. The van der Waals surface area contributed by atoms with E-state index in [0.717, 1.165) is 26.1 Å². The summed E-state index contributed by atoms with van der Waals surface area (Å²) in [6.45, 7) is 8.95. The average Bonchev–Trinajstić information content (AvgIpc) is 2.48. The number of nitrogens with zero attached hydrogens (tertiary/aromatic N) is 1. The molecule has 1 aliphatic rings. The van der Waals surface area contributed by atoms with E-state index in [9.17, 15) is 4.79 Å². The standard InChI is InChI=1S/C18H26N2O/c1-14(2)9-10-17(16-7-5-4-6-8-16)13-20-12-11-19-18(21)15(20)3/h4-8,10,14-15H,9,11-13H2,1-3H3,(H,19,21). The zero-order valence-electron chi connectivity index (χ0n) is 13.3. The van der Waals surface area contributed by atoms with Gasteiger partial charge in [-0.05, 0) is 30.4 Å². The molecule has 0 saturated carbocycles. The first-order chi connectivity index (χ1) is 10.1. The topological polar surface area (TPSA) is 32.3 Å². The molecule has 0 bridgehead atoms. The Kier molecular flexibility index (Phi) is 5.57. The number of nitrogens with one attached hydrogen (secondary N) is 1. The second kappa shape index (κ2) is 7.41. The van der Waals surface area contributed by atoms with Gasteiger partial charge in [-0.15, -0.1) is 0 Å². The molecule has 1 aromatic rings. The maximum atomic E-state index is 11.8. The molecule has 1 fully saturated rings. The van der Waals surface area contributed by atoms with E-state index in [1.54, 1.807) is 0 Å². The molecule has 3 heteroatoms. The minimum Gasteiger partial charge on any atom is -0.353 e. The Morgan fingerprint density at radius 1 is 1.38 bits per heavy atom. The number of rotatable bonds is 5. The highest BCUT2D eigenvalue weighted by atomic mass is 16.2. The lowest BCUT2D eigenvalue weighted by atomic mass is 10.00. The summed E-state index contributed by atoms with van der Waals surface area (Å²) in [6.07, 6.45) is 3.40. The molecule has 1 atom stereocenters. The molecule has 0 aliphatic carbocycles. The molecule has 0 spiro atoms. The van der Waals surface area contributed by atoms with E-state index in [1.165, 1.54) is 11.1 Å². The predicted octanol–water partition coefficient (Wildman–Crippen LogP) is 2.94. The molecule has 1 N–H and O–H groups in total. The van der Waals surface area contributed by atoms with E-state index >= 15 is 0 Å². The van der Waals surface area contributed by atoms with Crippen LogP contribution in [-0.2, 0) is 4.79 Å². The van der Waals surface area contributed by atoms with Gasteiger partial charge >= 0.3 is 0 Å². The van der Waals surface area contributed by atoms with Gasteiger partial charge in [0, 0.05) is 19.6 Å². The number of hydrogen-bond donors (Lipinski definition) is 1. The Bertz CT molecular complexity index is 493. The second-order valence-electron chi connectivity index (χ2n) is 6.16. The molecule has 114 valence electrons. The van der Waals surface area contributed by atoms with E-state index in [1.807, 2.05) is 13.0 Å². The molecule has 1 amide bonds. The van der Waals surface area contributed by atoms with Gasteiger partial charge in [0.15, 0.2) is 0 Å². The zero-order chi connectivity index (χ0) is 15.2. The molecule has 0 radical (unpaired) electrons. The minimum absolute atomic E-state index is 0.0510. The second-order valence-corrected chi connectivity index (χ2v) is 6.16. The molecular weight excluding hydrogens is 260 g/mol. The van der Waals surface area contributed by atoms with Crippen molar-refractivity contribution in [2.45, 2.75) is 33.2 Å². The highest BCUT2D eigenvalue weighted by Gasteiger charge is 2.25. The Balaban J connectivity index is 2.16. The molecule has 1 unspecified atom stereocenters. The summed E-state index contributed by atoms with van der Waals surface area (Å²) in [4.78, 5) is 14.1. The van der Waals surface area contributed by atoms with Gasteiger partial charge < -0.3 is 5.32 Å². The zero-order valence-corrected chi connectivity index (χ0v) is 13.3. The fourth-order valence-corrected chi connectivity index (χ4v) is 2.57. The number of carbonyl (C=O) groups excluding carboxylic acids is 1. The van der Waals surface area contributed by atoms with Crippen molar-refractivity contribution in [3.05, 3.63) is 42.0 Å². The van der Waals surface area contributed by atoms with Gasteiger partial charge in [-0.25, -0.2) is 0 Å². The van der Waals surface area contributed by atoms with Crippen LogP contribution in [0.4, 0.5) is 0 Å². The number of hydrogen-bond acceptors (Lipinski definition) is 2. The largest absolute Gasteiger partial charge is 0.353 e. The van der Waals surface area contributed by atoms with Gasteiger partial charge in [-0.3, -0.25) is 9.69 Å². The summed E-state index contributed by atoms with van der Waals surface area (Å²) in [5.41, 5.74) is 2.59. The smallest absolute Gasteiger partial charge is 0.237 e. The van der Waals surface area contributed by atoms with Crippen LogP contribution >= 0.6 is 0 Å². The lowest BCUT2D eigenvalue weighted by Crippen LogP contribution is -2.54. The van der Waals surface area contributed by atoms with Gasteiger partial charge in [0.05, 0.1) is 6.04 Å². The summed E-state index contributed by atoms with van der Waals surface area (Å²) in [7, 11) is 0. The van der Waals surface area contributed by atoms with Crippen molar-refractivity contribution in [2.75, 3.05) is 19.6 Å². The van der Waals surface area contributed by atoms with E-state index in [-0.39, 0.29) is 11.9 Å². The predicted molar refractivity (Wildman–Crippen MR) is 87.9 cm³/mol. The number of carbonyl (C=O) groups is 1. The fraction of sp³-hybridized carbons (Fsp3) is 0.500. The summed E-state index contributed by atoms with van der Waals surface area (Å²) in [5, 5.41) is 2.92. The van der Waals surface area contributed by atoms with Crippen molar-refractivity contribution in [3.63, 3.8) is 0 Å². The third-order valence-electron chi connectivity index (χ3n) is 3.98. The highest BCUT2D eigenvalue weighted by Crippen LogP contribution is 2.20. The average molecular weight is 286 g/mol. The highest BCUT2D eigenvalue weighted by molar-refractivity contribution is 5.82. The third-order valence-corrected chi connectivity index (χ3v) is 3.98. The van der Waals surface area contributed by atoms with Crippen LogP contribution in [0.15, 0.2) is 36.4 Å². The first kappa shape index (κ1) is 15.8. The Hall–Kier alpha value is -1.61. The van der Waals surface area contributed by atoms with Crippen LogP contribution in [0.1, 0.15) is 32.8 Å². The van der Waals surface area contributed by atoms with Crippen molar-refractivity contribution in [3.8, 4) is 0 Å². The van der Waals surface area contributed by atoms with Gasteiger partial charge in [0.1, 0.15) is 0 Å². The maximum absolute atomic E-state index is 11.8. The quantitative estimate of drug-likeness (QED) is 0.902. The SMILES string of the molecule is CC(C)CC=C(CN1CCNC(=O)C1C)c1ccccc1. The van der Waals surface area contributed by atoms with E-state index in [4.69, 9.17) is 0 Å². The van der Waals surface area contributed by atoms with Crippen LogP contribution in [-0.4, -0.2) is 36.5 Å². The molecule has 2 rings (SSSR count). The van der Waals surface area contributed by atoms with E-state index in [2.05, 4.69) is 54.4 Å². The lowest BCUT2D eigenvalue weighted by molar-refractivity contribution is -0.127. The number of benzene rings is 1. The van der Waals surface area contributed by atoms with Crippen molar-refractivity contribution in [1.29, 1.82) is 0 Å². The molecular formula is C18H26N2O. The maximum Gasteiger partial charge on any atom is 0.237 e. The molecule has 21 heavy (non-hydrogen) atoms. The van der Waals surface area contributed by atoms with Gasteiger partial charge in [-0.1, -0.05) is 50.3 Å². The molecule has 3 nitrogen and oxygen atoms in total. The summed E-state index contributed by atoms with van der Waals surface area (Å²) < 4.78 is 0. The number of piperazine rings is 1. The van der Waals surface area contributed by atoms with Gasteiger partial charge in [0.2, 0.25) is 5.91 Å². The molecule has 1 aromatic carbocycles. The lowest BCUT2D eigenvalue weighted by Gasteiger charge is -2.33. The monoisotopic (exact) mass is 286 g/mol.